The van der Waals surface area contributed by atoms with Crippen LogP contribution in [0.25, 0.3) is 0 Å². The number of hydrogen-bond donors (Lipinski definition) is 1. The maximum absolute atomic E-state index is 5.11. The number of nitrogens with zero attached hydrogens (tertiary/aromatic N) is 1. The SMILES string of the molecule is COCCNCc1cc(C)ccc1N1CC(C)CCC1C. The van der Waals surface area contributed by atoms with Crippen molar-refractivity contribution in [2.75, 3.05) is 31.7 Å². The molecule has 3 heteroatoms. The number of rotatable bonds is 6. The van der Waals surface area contributed by atoms with Gasteiger partial charge in [-0.1, -0.05) is 24.6 Å². The highest BCUT2D eigenvalue weighted by Crippen LogP contribution is 2.30. The van der Waals surface area contributed by atoms with Gasteiger partial charge in [-0.15, -0.1) is 0 Å². The van der Waals surface area contributed by atoms with Crippen LogP contribution in [0.1, 0.15) is 37.8 Å². The Hall–Kier alpha value is -1.06. The Morgan fingerprint density at radius 1 is 1.29 bits per heavy atom. The second-order valence-electron chi connectivity index (χ2n) is 6.49. The van der Waals surface area contributed by atoms with Gasteiger partial charge in [-0.25, -0.2) is 0 Å². The Morgan fingerprint density at radius 3 is 2.86 bits per heavy atom. The van der Waals surface area contributed by atoms with Gasteiger partial charge in [0.15, 0.2) is 0 Å². The van der Waals surface area contributed by atoms with Crippen molar-refractivity contribution in [3.05, 3.63) is 29.3 Å². The lowest BCUT2D eigenvalue weighted by atomic mass is 9.93. The molecule has 0 aliphatic carbocycles. The minimum Gasteiger partial charge on any atom is -0.383 e. The fourth-order valence-electron chi connectivity index (χ4n) is 3.16. The van der Waals surface area contributed by atoms with Crippen molar-refractivity contribution in [2.24, 2.45) is 5.92 Å². The Bertz CT molecular complexity index is 447. The summed E-state index contributed by atoms with van der Waals surface area (Å²) in [5.74, 6) is 0.789. The van der Waals surface area contributed by atoms with Gasteiger partial charge >= 0.3 is 0 Å². The monoisotopic (exact) mass is 290 g/mol. The fraction of sp³-hybridized carbons (Fsp3) is 0.667. The van der Waals surface area contributed by atoms with Crippen LogP contribution in [-0.4, -0.2) is 32.8 Å². The molecule has 0 spiro atoms. The highest BCUT2D eigenvalue weighted by molar-refractivity contribution is 5.56. The molecule has 3 nitrogen and oxygen atoms in total. The van der Waals surface area contributed by atoms with E-state index in [-0.39, 0.29) is 0 Å². The van der Waals surface area contributed by atoms with E-state index < -0.39 is 0 Å². The topological polar surface area (TPSA) is 24.5 Å². The van der Waals surface area contributed by atoms with Crippen LogP contribution in [0, 0.1) is 12.8 Å². The smallest absolute Gasteiger partial charge is 0.0587 e. The van der Waals surface area contributed by atoms with Crippen LogP contribution in [0.3, 0.4) is 0 Å². The van der Waals surface area contributed by atoms with Crippen LogP contribution >= 0.6 is 0 Å². The summed E-state index contributed by atoms with van der Waals surface area (Å²) >= 11 is 0. The molecule has 2 atom stereocenters. The first kappa shape index (κ1) is 16.3. The molecule has 0 aromatic heterocycles. The zero-order chi connectivity index (χ0) is 15.2. The summed E-state index contributed by atoms with van der Waals surface area (Å²) in [7, 11) is 1.75. The predicted molar refractivity (Wildman–Crippen MR) is 90.0 cm³/mol. The van der Waals surface area contributed by atoms with Crippen molar-refractivity contribution < 1.29 is 4.74 Å². The van der Waals surface area contributed by atoms with Gasteiger partial charge in [0.2, 0.25) is 0 Å². The van der Waals surface area contributed by atoms with Crippen molar-refractivity contribution in [3.63, 3.8) is 0 Å². The standard InChI is InChI=1S/C18H30N2O/c1-14-6-8-18(17(11-14)12-19-9-10-21-4)20-13-15(2)5-7-16(20)3/h6,8,11,15-16,19H,5,7,9-10,12-13H2,1-4H3. The summed E-state index contributed by atoms with van der Waals surface area (Å²) in [5.41, 5.74) is 4.15. The first-order valence-corrected chi connectivity index (χ1v) is 8.17. The van der Waals surface area contributed by atoms with Crippen LogP contribution in [-0.2, 0) is 11.3 Å². The summed E-state index contributed by atoms with van der Waals surface area (Å²) in [6.07, 6.45) is 2.65. The molecule has 0 amide bonds. The molecule has 118 valence electrons. The van der Waals surface area contributed by atoms with E-state index >= 15 is 0 Å². The maximum atomic E-state index is 5.11. The van der Waals surface area contributed by atoms with Gasteiger partial charge in [0.25, 0.3) is 0 Å². The summed E-state index contributed by atoms with van der Waals surface area (Å²) in [6.45, 7) is 10.6. The van der Waals surface area contributed by atoms with Crippen molar-refractivity contribution >= 4 is 5.69 Å². The van der Waals surface area contributed by atoms with Gasteiger partial charge < -0.3 is 15.0 Å². The molecule has 1 N–H and O–H groups in total. The Balaban J connectivity index is 2.13. The van der Waals surface area contributed by atoms with Crippen LogP contribution in [0.5, 0.6) is 0 Å². The largest absolute Gasteiger partial charge is 0.383 e. The molecule has 0 saturated carbocycles. The van der Waals surface area contributed by atoms with E-state index in [1.54, 1.807) is 7.11 Å². The van der Waals surface area contributed by atoms with Crippen LogP contribution in [0.4, 0.5) is 5.69 Å². The first-order chi connectivity index (χ1) is 10.1. The van der Waals surface area contributed by atoms with Crippen LogP contribution in [0.15, 0.2) is 18.2 Å². The van der Waals surface area contributed by atoms with Gasteiger partial charge in [-0.3, -0.25) is 0 Å². The average molecular weight is 290 g/mol. The van der Waals surface area contributed by atoms with Crippen molar-refractivity contribution in [3.8, 4) is 0 Å². The lowest BCUT2D eigenvalue weighted by Gasteiger charge is -2.39. The van der Waals surface area contributed by atoms with E-state index in [1.807, 2.05) is 0 Å². The summed E-state index contributed by atoms with van der Waals surface area (Å²) in [4.78, 5) is 2.60. The minimum absolute atomic E-state index is 0.640. The Kier molecular flexibility index (Phi) is 6.07. The average Bonchev–Trinajstić information content (AvgIpc) is 2.47. The number of methoxy groups -OCH3 is 1. The molecular formula is C18H30N2O. The number of nitrogens with one attached hydrogen (secondary N) is 1. The zero-order valence-electron chi connectivity index (χ0n) is 14.0. The van der Waals surface area contributed by atoms with Gasteiger partial charge in [0, 0.05) is 38.5 Å². The third-order valence-corrected chi connectivity index (χ3v) is 4.46. The lowest BCUT2D eigenvalue weighted by molar-refractivity contribution is 0.199. The number of ether oxygens (including phenoxy) is 1. The molecule has 2 rings (SSSR count). The summed E-state index contributed by atoms with van der Waals surface area (Å²) in [6, 6.07) is 7.50. The third-order valence-electron chi connectivity index (χ3n) is 4.46. The van der Waals surface area contributed by atoms with Crippen molar-refractivity contribution in [1.29, 1.82) is 0 Å². The highest BCUT2D eigenvalue weighted by Gasteiger charge is 2.24. The predicted octanol–water partition coefficient (Wildman–Crippen LogP) is 3.36. The van der Waals surface area contributed by atoms with E-state index in [4.69, 9.17) is 4.74 Å². The molecule has 1 aromatic rings. The number of piperidine rings is 1. The van der Waals surface area contributed by atoms with Gasteiger partial charge in [-0.2, -0.15) is 0 Å². The number of anilines is 1. The second kappa shape index (κ2) is 7.81. The fourth-order valence-corrected chi connectivity index (χ4v) is 3.16. The molecular weight excluding hydrogens is 260 g/mol. The van der Waals surface area contributed by atoms with Crippen molar-refractivity contribution in [2.45, 2.75) is 46.2 Å². The maximum Gasteiger partial charge on any atom is 0.0587 e. The normalized spacial score (nSPS) is 22.6. The highest BCUT2D eigenvalue weighted by atomic mass is 16.5. The number of aryl methyl sites for hydroxylation is 1. The molecule has 1 saturated heterocycles. The van der Waals surface area contributed by atoms with Gasteiger partial charge in [-0.05, 0) is 44.2 Å². The summed E-state index contributed by atoms with van der Waals surface area (Å²) in [5, 5.41) is 3.48. The van der Waals surface area contributed by atoms with Gasteiger partial charge in [0.1, 0.15) is 0 Å². The van der Waals surface area contributed by atoms with Crippen LogP contribution in [0.2, 0.25) is 0 Å². The number of benzene rings is 1. The van der Waals surface area contributed by atoms with E-state index in [0.29, 0.717) is 6.04 Å². The van der Waals surface area contributed by atoms with E-state index in [2.05, 4.69) is 49.2 Å². The molecule has 1 aliphatic heterocycles. The van der Waals surface area contributed by atoms with E-state index in [9.17, 15) is 0 Å². The quantitative estimate of drug-likeness (QED) is 0.813. The molecule has 1 fully saturated rings. The lowest BCUT2D eigenvalue weighted by Crippen LogP contribution is -2.41. The molecule has 0 bridgehead atoms. The molecule has 21 heavy (non-hydrogen) atoms. The minimum atomic E-state index is 0.640. The molecule has 1 heterocycles. The van der Waals surface area contributed by atoms with Crippen LogP contribution < -0.4 is 10.2 Å². The van der Waals surface area contributed by atoms with Gasteiger partial charge in [0.05, 0.1) is 6.61 Å². The number of hydrogen-bond acceptors (Lipinski definition) is 3. The Labute approximate surface area is 129 Å². The second-order valence-corrected chi connectivity index (χ2v) is 6.49. The summed E-state index contributed by atoms with van der Waals surface area (Å²) < 4.78 is 5.11. The van der Waals surface area contributed by atoms with Crippen molar-refractivity contribution in [1.82, 2.24) is 5.32 Å². The zero-order valence-corrected chi connectivity index (χ0v) is 14.0. The molecule has 1 aromatic carbocycles. The third kappa shape index (κ3) is 4.45. The van der Waals surface area contributed by atoms with E-state index in [1.165, 1.54) is 36.2 Å². The molecule has 2 unspecified atom stereocenters. The van der Waals surface area contributed by atoms with E-state index in [0.717, 1.165) is 25.6 Å². The molecule has 0 radical (unpaired) electrons. The molecule has 1 aliphatic rings. The first-order valence-electron chi connectivity index (χ1n) is 8.17. The Morgan fingerprint density at radius 2 is 2.10 bits per heavy atom.